The Kier molecular flexibility index (Phi) is 6.78. The summed E-state index contributed by atoms with van der Waals surface area (Å²) in [6.07, 6.45) is 7.19. The summed E-state index contributed by atoms with van der Waals surface area (Å²) in [5, 5.41) is 9.28. The van der Waals surface area contributed by atoms with Crippen molar-refractivity contribution < 1.29 is 14.7 Å². The van der Waals surface area contributed by atoms with Crippen LogP contribution in [-0.2, 0) is 11.2 Å². The topological polar surface area (TPSA) is 57.6 Å². The van der Waals surface area contributed by atoms with Crippen LogP contribution in [0.15, 0.2) is 24.3 Å². The molecule has 2 rings (SSSR count). The highest BCUT2D eigenvalue weighted by Gasteiger charge is 2.29. The predicted molar refractivity (Wildman–Crippen MR) is 90.8 cm³/mol. The van der Waals surface area contributed by atoms with E-state index in [0.717, 1.165) is 19.3 Å². The van der Waals surface area contributed by atoms with E-state index < -0.39 is 12.0 Å². The molecular formula is C19H27NO3. The van der Waals surface area contributed by atoms with Crippen molar-refractivity contribution in [2.24, 2.45) is 0 Å². The lowest BCUT2D eigenvalue weighted by molar-refractivity contribution is -0.144. The van der Waals surface area contributed by atoms with E-state index in [1.54, 1.807) is 0 Å². The molecule has 1 aliphatic rings. The van der Waals surface area contributed by atoms with E-state index in [-0.39, 0.29) is 12.3 Å². The molecule has 1 fully saturated rings. The zero-order chi connectivity index (χ0) is 16.7. The van der Waals surface area contributed by atoms with Crippen molar-refractivity contribution in [1.29, 1.82) is 0 Å². The second-order valence-corrected chi connectivity index (χ2v) is 6.40. The average molecular weight is 317 g/mol. The average Bonchev–Trinajstić information content (AvgIpc) is 2.56. The maximum atomic E-state index is 12.4. The number of aliphatic carboxylic acids is 1. The zero-order valence-electron chi connectivity index (χ0n) is 14.0. The molecule has 4 heteroatoms. The Morgan fingerprint density at radius 3 is 2.57 bits per heavy atom. The molecule has 1 saturated heterocycles. The zero-order valence-corrected chi connectivity index (χ0v) is 14.0. The third-order valence-corrected chi connectivity index (χ3v) is 4.59. The number of ketones is 1. The van der Waals surface area contributed by atoms with Crippen LogP contribution in [0.1, 0.15) is 61.4 Å². The van der Waals surface area contributed by atoms with Crippen LogP contribution in [0.2, 0.25) is 0 Å². The number of benzene rings is 1. The van der Waals surface area contributed by atoms with E-state index in [1.165, 1.54) is 24.8 Å². The van der Waals surface area contributed by atoms with Gasteiger partial charge >= 0.3 is 5.97 Å². The minimum Gasteiger partial charge on any atom is -0.480 e. The highest BCUT2D eigenvalue weighted by atomic mass is 16.4. The molecule has 0 amide bonds. The van der Waals surface area contributed by atoms with Gasteiger partial charge in [0.2, 0.25) is 0 Å². The van der Waals surface area contributed by atoms with Crippen LogP contribution < -0.4 is 0 Å². The van der Waals surface area contributed by atoms with Gasteiger partial charge in [0.1, 0.15) is 6.04 Å². The Morgan fingerprint density at radius 1 is 1.17 bits per heavy atom. The summed E-state index contributed by atoms with van der Waals surface area (Å²) < 4.78 is 0. The molecule has 0 aliphatic carbocycles. The number of carbonyl (C=O) groups is 2. The Morgan fingerprint density at radius 2 is 1.91 bits per heavy atom. The van der Waals surface area contributed by atoms with Crippen molar-refractivity contribution in [1.82, 2.24) is 4.90 Å². The van der Waals surface area contributed by atoms with E-state index in [1.807, 2.05) is 29.2 Å². The van der Waals surface area contributed by atoms with Crippen LogP contribution >= 0.6 is 0 Å². The molecule has 126 valence electrons. The Bertz CT molecular complexity index is 524. The molecule has 0 spiro atoms. The minimum atomic E-state index is -0.816. The summed E-state index contributed by atoms with van der Waals surface area (Å²) >= 11 is 0. The van der Waals surface area contributed by atoms with Crippen molar-refractivity contribution >= 4 is 11.8 Å². The standard InChI is InChI=1S/C19H27NO3/c1-2-3-4-7-15-9-11-16(12-10-15)18(21)14-20-13-6-5-8-17(20)19(22)23/h9-12,17H,2-8,13-14H2,1H3,(H,22,23). The monoisotopic (exact) mass is 317 g/mol. The summed E-state index contributed by atoms with van der Waals surface area (Å²) in [7, 11) is 0. The molecule has 1 unspecified atom stereocenters. The van der Waals surface area contributed by atoms with Crippen LogP contribution in [0, 0.1) is 0 Å². The number of piperidine rings is 1. The number of hydrogen-bond acceptors (Lipinski definition) is 3. The van der Waals surface area contributed by atoms with E-state index in [4.69, 9.17) is 0 Å². The first kappa shape index (κ1) is 17.7. The van der Waals surface area contributed by atoms with Crippen molar-refractivity contribution in [3.63, 3.8) is 0 Å². The van der Waals surface area contributed by atoms with E-state index in [0.29, 0.717) is 18.5 Å². The summed E-state index contributed by atoms with van der Waals surface area (Å²) in [4.78, 5) is 25.5. The number of unbranched alkanes of at least 4 members (excludes halogenated alkanes) is 2. The van der Waals surface area contributed by atoms with E-state index >= 15 is 0 Å². The van der Waals surface area contributed by atoms with Gasteiger partial charge in [-0.05, 0) is 37.8 Å². The molecule has 1 heterocycles. The maximum Gasteiger partial charge on any atom is 0.320 e. The van der Waals surface area contributed by atoms with Crippen LogP contribution in [-0.4, -0.2) is 40.9 Å². The van der Waals surface area contributed by atoms with E-state index in [2.05, 4.69) is 6.92 Å². The maximum absolute atomic E-state index is 12.4. The lowest BCUT2D eigenvalue weighted by atomic mass is 10.00. The molecule has 0 saturated carbocycles. The first-order chi connectivity index (χ1) is 11.1. The number of likely N-dealkylation sites (tertiary alicyclic amines) is 1. The summed E-state index contributed by atoms with van der Waals surface area (Å²) in [6, 6.07) is 7.29. The summed E-state index contributed by atoms with van der Waals surface area (Å²) in [5.74, 6) is -0.804. The highest BCUT2D eigenvalue weighted by Crippen LogP contribution is 2.18. The molecule has 1 N–H and O–H groups in total. The number of carboxylic acids is 1. The van der Waals surface area contributed by atoms with Crippen LogP contribution in [0.5, 0.6) is 0 Å². The molecule has 1 aromatic rings. The molecule has 4 nitrogen and oxygen atoms in total. The third kappa shape index (κ3) is 5.17. The number of carbonyl (C=O) groups excluding carboxylic acids is 1. The lowest BCUT2D eigenvalue weighted by Gasteiger charge is -2.32. The first-order valence-corrected chi connectivity index (χ1v) is 8.71. The summed E-state index contributed by atoms with van der Waals surface area (Å²) in [6.45, 7) is 3.08. The van der Waals surface area contributed by atoms with Gasteiger partial charge in [0, 0.05) is 5.56 Å². The summed E-state index contributed by atoms with van der Waals surface area (Å²) in [5.41, 5.74) is 1.94. The van der Waals surface area contributed by atoms with Gasteiger partial charge in [-0.25, -0.2) is 0 Å². The number of Topliss-reactive ketones (excluding diaryl/α,β-unsaturated/α-hetero) is 1. The molecule has 1 atom stereocenters. The molecule has 23 heavy (non-hydrogen) atoms. The molecular weight excluding hydrogens is 290 g/mol. The fourth-order valence-electron chi connectivity index (χ4n) is 3.17. The van der Waals surface area contributed by atoms with Crippen LogP contribution in [0.25, 0.3) is 0 Å². The van der Waals surface area contributed by atoms with Gasteiger partial charge in [-0.2, -0.15) is 0 Å². The number of hydrogen-bond donors (Lipinski definition) is 1. The van der Waals surface area contributed by atoms with Gasteiger partial charge in [-0.3, -0.25) is 14.5 Å². The van der Waals surface area contributed by atoms with Gasteiger partial charge in [0.25, 0.3) is 0 Å². The fraction of sp³-hybridized carbons (Fsp3) is 0.579. The normalized spacial score (nSPS) is 18.7. The smallest absolute Gasteiger partial charge is 0.320 e. The highest BCUT2D eigenvalue weighted by molar-refractivity contribution is 5.97. The minimum absolute atomic E-state index is 0.0123. The molecule has 0 aromatic heterocycles. The number of nitrogens with zero attached hydrogens (tertiary/aromatic N) is 1. The predicted octanol–water partition coefficient (Wildman–Crippen LogP) is 3.54. The number of carboxylic acid groups (broad SMARTS) is 1. The number of aryl methyl sites for hydroxylation is 1. The van der Waals surface area contributed by atoms with Gasteiger partial charge in [0.05, 0.1) is 6.54 Å². The van der Waals surface area contributed by atoms with Gasteiger partial charge in [0.15, 0.2) is 5.78 Å². The van der Waals surface area contributed by atoms with Gasteiger partial charge in [-0.15, -0.1) is 0 Å². The SMILES string of the molecule is CCCCCc1ccc(C(=O)CN2CCCCC2C(=O)O)cc1. The van der Waals surface area contributed by atoms with Crippen molar-refractivity contribution in [3.05, 3.63) is 35.4 Å². The fourth-order valence-corrected chi connectivity index (χ4v) is 3.17. The molecule has 0 bridgehead atoms. The van der Waals surface area contributed by atoms with Crippen LogP contribution in [0.4, 0.5) is 0 Å². The van der Waals surface area contributed by atoms with Crippen molar-refractivity contribution in [2.75, 3.05) is 13.1 Å². The van der Waals surface area contributed by atoms with Crippen molar-refractivity contribution in [2.45, 2.75) is 57.9 Å². The molecule has 0 radical (unpaired) electrons. The van der Waals surface area contributed by atoms with Crippen molar-refractivity contribution in [3.8, 4) is 0 Å². The molecule has 1 aromatic carbocycles. The van der Waals surface area contributed by atoms with Crippen LogP contribution in [0.3, 0.4) is 0 Å². The third-order valence-electron chi connectivity index (χ3n) is 4.59. The Balaban J connectivity index is 1.93. The second-order valence-electron chi connectivity index (χ2n) is 6.40. The molecule has 1 aliphatic heterocycles. The Labute approximate surface area is 138 Å². The van der Waals surface area contributed by atoms with Gasteiger partial charge < -0.3 is 5.11 Å². The van der Waals surface area contributed by atoms with E-state index in [9.17, 15) is 14.7 Å². The lowest BCUT2D eigenvalue weighted by Crippen LogP contribution is -2.46. The Hall–Kier alpha value is -1.68. The number of rotatable bonds is 8. The first-order valence-electron chi connectivity index (χ1n) is 8.71. The van der Waals surface area contributed by atoms with Gasteiger partial charge in [-0.1, -0.05) is 50.5 Å². The second kappa shape index (κ2) is 8.82. The quantitative estimate of drug-likeness (QED) is 0.588. The largest absolute Gasteiger partial charge is 0.480 e.